The van der Waals surface area contributed by atoms with Crippen LogP contribution in [0.25, 0.3) is 5.57 Å². The molecule has 0 spiro atoms. The van der Waals surface area contributed by atoms with Gasteiger partial charge in [-0.05, 0) is 48.8 Å². The number of carbonyl (C=O) groups is 1. The molecular weight excluding hydrogens is 305 g/mol. The van der Waals surface area contributed by atoms with Gasteiger partial charge in [-0.25, -0.2) is 4.79 Å². The van der Waals surface area contributed by atoms with Gasteiger partial charge in [0.2, 0.25) is 5.83 Å². The molecule has 1 aliphatic heterocycles. The number of allylic oxidation sites excluding steroid dienone is 1. The first-order valence-electron chi connectivity index (χ1n) is 8.63. The van der Waals surface area contributed by atoms with E-state index in [9.17, 15) is 9.18 Å². The summed E-state index contributed by atoms with van der Waals surface area (Å²) in [7, 11) is 0. The summed E-state index contributed by atoms with van der Waals surface area (Å²) in [6.07, 6.45) is 1.03. The van der Waals surface area contributed by atoms with Gasteiger partial charge in [0.05, 0.1) is 0 Å². The molecule has 0 amide bonds. The van der Waals surface area contributed by atoms with Crippen LogP contribution in [0.2, 0.25) is 0 Å². The predicted molar refractivity (Wildman–Crippen MR) is 97.4 cm³/mol. The van der Waals surface area contributed by atoms with Gasteiger partial charge in [-0.2, -0.15) is 4.39 Å². The Bertz CT molecular complexity index is 689. The molecule has 4 heteroatoms. The van der Waals surface area contributed by atoms with Crippen LogP contribution in [-0.4, -0.2) is 24.2 Å². The average Bonchev–Trinajstić information content (AvgIpc) is 2.52. The topological polar surface area (TPSA) is 40.5 Å². The average molecular weight is 333 g/mol. The SMILES string of the molecule is CCN1CCC(C)(C)c2cc(C(C)C)cc(/C(C)=C(/F)C(=O)O)c21. The lowest BCUT2D eigenvalue weighted by Crippen LogP contribution is -2.38. The molecule has 0 atom stereocenters. The molecule has 1 N–H and O–H groups in total. The first-order chi connectivity index (χ1) is 11.1. The molecule has 3 nitrogen and oxygen atoms in total. The van der Waals surface area contributed by atoms with E-state index in [1.165, 1.54) is 5.56 Å². The van der Waals surface area contributed by atoms with Crippen molar-refractivity contribution in [3.05, 3.63) is 34.6 Å². The van der Waals surface area contributed by atoms with Gasteiger partial charge in [0.25, 0.3) is 0 Å². The van der Waals surface area contributed by atoms with Crippen molar-refractivity contribution in [1.29, 1.82) is 0 Å². The molecule has 0 radical (unpaired) electrons. The second-order valence-corrected chi connectivity index (χ2v) is 7.58. The molecule has 1 aromatic carbocycles. The lowest BCUT2D eigenvalue weighted by atomic mass is 9.74. The van der Waals surface area contributed by atoms with Crippen molar-refractivity contribution in [2.45, 2.75) is 59.3 Å². The Kier molecular flexibility index (Phi) is 5.07. The Morgan fingerprint density at radius 3 is 2.50 bits per heavy atom. The second kappa shape index (κ2) is 6.58. The van der Waals surface area contributed by atoms with E-state index in [-0.39, 0.29) is 11.0 Å². The third-order valence-corrected chi connectivity index (χ3v) is 5.15. The third-order valence-electron chi connectivity index (χ3n) is 5.15. The van der Waals surface area contributed by atoms with Crippen LogP contribution in [0.1, 0.15) is 70.6 Å². The summed E-state index contributed by atoms with van der Waals surface area (Å²) in [5, 5.41) is 9.08. The summed E-state index contributed by atoms with van der Waals surface area (Å²) in [6, 6.07) is 4.18. The molecule has 0 unspecified atom stereocenters. The van der Waals surface area contributed by atoms with Crippen molar-refractivity contribution < 1.29 is 14.3 Å². The van der Waals surface area contributed by atoms with Crippen LogP contribution in [-0.2, 0) is 10.2 Å². The molecule has 0 saturated heterocycles. The molecule has 0 aliphatic carbocycles. The second-order valence-electron chi connectivity index (χ2n) is 7.58. The van der Waals surface area contributed by atoms with E-state index in [0.29, 0.717) is 11.5 Å². The highest BCUT2D eigenvalue weighted by Gasteiger charge is 2.34. The van der Waals surface area contributed by atoms with Crippen molar-refractivity contribution in [2.75, 3.05) is 18.0 Å². The summed E-state index contributed by atoms with van der Waals surface area (Å²) in [4.78, 5) is 13.4. The molecule has 1 aliphatic rings. The van der Waals surface area contributed by atoms with E-state index in [1.807, 2.05) is 6.07 Å². The van der Waals surface area contributed by atoms with E-state index < -0.39 is 11.8 Å². The van der Waals surface area contributed by atoms with Gasteiger partial charge in [0.1, 0.15) is 0 Å². The molecule has 0 fully saturated rings. The van der Waals surface area contributed by atoms with Crippen LogP contribution in [0.3, 0.4) is 0 Å². The van der Waals surface area contributed by atoms with Crippen LogP contribution < -0.4 is 4.90 Å². The van der Waals surface area contributed by atoms with Crippen molar-refractivity contribution in [2.24, 2.45) is 0 Å². The van der Waals surface area contributed by atoms with Gasteiger partial charge in [-0.3, -0.25) is 0 Å². The molecule has 2 rings (SSSR count). The summed E-state index contributed by atoms with van der Waals surface area (Å²) >= 11 is 0. The maximum Gasteiger partial charge on any atom is 0.365 e. The molecule has 1 aromatic rings. The summed E-state index contributed by atoms with van der Waals surface area (Å²) < 4.78 is 14.2. The number of benzene rings is 1. The zero-order valence-electron chi connectivity index (χ0n) is 15.5. The van der Waals surface area contributed by atoms with Crippen LogP contribution in [0.5, 0.6) is 0 Å². The standard InChI is InChI=1S/C20H28FNO2/c1-7-22-9-8-20(5,6)16-11-14(12(2)3)10-15(18(16)22)13(4)17(21)19(23)24/h10-12H,7-9H2,1-6H3,(H,23,24)/b17-13+. The molecule has 0 bridgehead atoms. The van der Waals surface area contributed by atoms with Gasteiger partial charge >= 0.3 is 5.97 Å². The first-order valence-corrected chi connectivity index (χ1v) is 8.63. The van der Waals surface area contributed by atoms with Gasteiger partial charge < -0.3 is 10.0 Å². The number of carboxylic acids is 1. The number of halogens is 1. The summed E-state index contributed by atoms with van der Waals surface area (Å²) in [5.41, 5.74) is 4.21. The Labute approximate surface area is 144 Å². The van der Waals surface area contributed by atoms with Crippen molar-refractivity contribution in [3.8, 4) is 0 Å². The fourth-order valence-electron chi connectivity index (χ4n) is 3.39. The monoisotopic (exact) mass is 333 g/mol. The van der Waals surface area contributed by atoms with Gasteiger partial charge in [0.15, 0.2) is 0 Å². The molecular formula is C20H28FNO2. The summed E-state index contributed by atoms with van der Waals surface area (Å²) in [5.74, 6) is -2.28. The zero-order valence-corrected chi connectivity index (χ0v) is 15.5. The Hall–Kier alpha value is -1.84. The normalized spacial score (nSPS) is 17.6. The molecule has 0 aromatic heterocycles. The Morgan fingerprint density at radius 2 is 2.00 bits per heavy atom. The predicted octanol–water partition coefficient (Wildman–Crippen LogP) is 5.10. The lowest BCUT2D eigenvalue weighted by Gasteiger charge is -2.42. The van der Waals surface area contributed by atoms with E-state index in [2.05, 4.69) is 45.6 Å². The number of aliphatic carboxylic acids is 1. The van der Waals surface area contributed by atoms with Crippen LogP contribution >= 0.6 is 0 Å². The number of carboxylic acid groups (broad SMARTS) is 1. The molecule has 24 heavy (non-hydrogen) atoms. The zero-order chi connectivity index (χ0) is 18.2. The van der Waals surface area contributed by atoms with E-state index >= 15 is 0 Å². The Balaban J connectivity index is 2.85. The van der Waals surface area contributed by atoms with Crippen molar-refractivity contribution >= 4 is 17.2 Å². The van der Waals surface area contributed by atoms with Crippen LogP contribution in [0.15, 0.2) is 18.0 Å². The highest BCUT2D eigenvalue weighted by Crippen LogP contribution is 2.45. The highest BCUT2D eigenvalue weighted by atomic mass is 19.1. The minimum atomic E-state index is -1.51. The van der Waals surface area contributed by atoms with Gasteiger partial charge in [-0.1, -0.05) is 33.8 Å². The maximum atomic E-state index is 14.2. The molecule has 0 saturated carbocycles. The third kappa shape index (κ3) is 3.19. The first kappa shape index (κ1) is 18.5. The number of nitrogens with zero attached hydrogens (tertiary/aromatic N) is 1. The highest BCUT2D eigenvalue weighted by molar-refractivity contribution is 5.96. The number of hydrogen-bond acceptors (Lipinski definition) is 2. The number of anilines is 1. The number of fused-ring (bicyclic) bond motifs is 1. The Morgan fingerprint density at radius 1 is 1.38 bits per heavy atom. The number of hydrogen-bond donors (Lipinski definition) is 1. The minimum Gasteiger partial charge on any atom is -0.476 e. The lowest BCUT2D eigenvalue weighted by molar-refractivity contribution is -0.134. The largest absolute Gasteiger partial charge is 0.476 e. The van der Waals surface area contributed by atoms with Crippen LogP contribution in [0.4, 0.5) is 10.1 Å². The minimum absolute atomic E-state index is 0.0133. The maximum absolute atomic E-state index is 14.2. The smallest absolute Gasteiger partial charge is 0.365 e. The van der Waals surface area contributed by atoms with Crippen LogP contribution in [0, 0.1) is 0 Å². The van der Waals surface area contributed by atoms with Crippen molar-refractivity contribution in [3.63, 3.8) is 0 Å². The molecule has 132 valence electrons. The quantitative estimate of drug-likeness (QED) is 0.779. The fraction of sp³-hybridized carbons (Fsp3) is 0.550. The van der Waals surface area contributed by atoms with Gasteiger partial charge in [-0.15, -0.1) is 0 Å². The van der Waals surface area contributed by atoms with E-state index in [1.54, 1.807) is 6.92 Å². The van der Waals surface area contributed by atoms with Gasteiger partial charge in [0, 0.05) is 29.9 Å². The number of rotatable bonds is 4. The summed E-state index contributed by atoms with van der Waals surface area (Å²) in [6.45, 7) is 14.0. The van der Waals surface area contributed by atoms with E-state index in [4.69, 9.17) is 5.11 Å². The van der Waals surface area contributed by atoms with Crippen molar-refractivity contribution in [1.82, 2.24) is 0 Å². The van der Waals surface area contributed by atoms with E-state index in [0.717, 1.165) is 30.8 Å². The fourth-order valence-corrected chi connectivity index (χ4v) is 3.39. The molecule has 1 heterocycles.